The second-order valence-corrected chi connectivity index (χ2v) is 8.31. The second-order valence-electron chi connectivity index (χ2n) is 7.87. The number of carbonyl (C=O) groups is 1. The number of aromatic nitrogens is 2. The van der Waals surface area contributed by atoms with E-state index >= 15 is 0 Å². The standard InChI is InChI=1S/C22H33ClN4O2/c1-6-7-8-9-10-20(28)27(14-13-25(3)4)16(2)21-24-19-15-17(23)11-12-18(19)22(29)26(21)5/h11-12,15-16H,6-10,13-14H2,1-5H3. The molecule has 1 unspecified atom stereocenters. The number of halogens is 1. The van der Waals surface area contributed by atoms with Gasteiger partial charge >= 0.3 is 0 Å². The summed E-state index contributed by atoms with van der Waals surface area (Å²) in [5.74, 6) is 0.682. The Morgan fingerprint density at radius 1 is 1.21 bits per heavy atom. The summed E-state index contributed by atoms with van der Waals surface area (Å²) in [5.41, 5.74) is 0.432. The molecule has 160 valence electrons. The van der Waals surface area contributed by atoms with Gasteiger partial charge < -0.3 is 9.80 Å². The van der Waals surface area contributed by atoms with Crippen molar-refractivity contribution in [2.24, 2.45) is 7.05 Å². The second kappa shape index (κ2) is 10.7. The van der Waals surface area contributed by atoms with E-state index in [-0.39, 0.29) is 17.5 Å². The highest BCUT2D eigenvalue weighted by Crippen LogP contribution is 2.22. The Labute approximate surface area is 178 Å². The highest BCUT2D eigenvalue weighted by molar-refractivity contribution is 6.31. The minimum Gasteiger partial charge on any atom is -0.332 e. The van der Waals surface area contributed by atoms with Crippen LogP contribution in [0.2, 0.25) is 5.02 Å². The van der Waals surface area contributed by atoms with Gasteiger partial charge in [0.25, 0.3) is 5.56 Å². The van der Waals surface area contributed by atoms with Crippen molar-refractivity contribution in [3.05, 3.63) is 39.4 Å². The lowest BCUT2D eigenvalue weighted by Gasteiger charge is -2.31. The lowest BCUT2D eigenvalue weighted by molar-refractivity contribution is -0.133. The third-order valence-corrected chi connectivity index (χ3v) is 5.50. The molecule has 1 amide bonds. The molecule has 0 fully saturated rings. The van der Waals surface area contributed by atoms with Crippen molar-refractivity contribution in [2.75, 3.05) is 27.2 Å². The minimum atomic E-state index is -0.310. The van der Waals surface area contributed by atoms with Crippen LogP contribution in [0.5, 0.6) is 0 Å². The van der Waals surface area contributed by atoms with Gasteiger partial charge in [0.1, 0.15) is 5.82 Å². The lowest BCUT2D eigenvalue weighted by atomic mass is 10.1. The molecule has 1 aromatic heterocycles. The predicted molar refractivity (Wildman–Crippen MR) is 119 cm³/mol. The Kier molecular flexibility index (Phi) is 8.65. The van der Waals surface area contributed by atoms with Crippen LogP contribution in [0.3, 0.4) is 0 Å². The van der Waals surface area contributed by atoms with Crippen molar-refractivity contribution in [3.8, 4) is 0 Å². The maximum atomic E-state index is 13.0. The molecule has 1 atom stereocenters. The van der Waals surface area contributed by atoms with E-state index in [0.29, 0.717) is 34.7 Å². The van der Waals surface area contributed by atoms with Gasteiger partial charge in [0.2, 0.25) is 5.91 Å². The summed E-state index contributed by atoms with van der Waals surface area (Å²) in [7, 11) is 5.69. The van der Waals surface area contributed by atoms with Gasteiger partial charge in [-0.3, -0.25) is 14.2 Å². The first-order chi connectivity index (χ1) is 13.8. The number of rotatable bonds is 10. The van der Waals surface area contributed by atoms with Crippen molar-refractivity contribution < 1.29 is 4.79 Å². The number of amides is 1. The molecule has 2 aromatic rings. The van der Waals surface area contributed by atoms with Crippen LogP contribution in [-0.2, 0) is 11.8 Å². The topological polar surface area (TPSA) is 58.4 Å². The van der Waals surface area contributed by atoms with Gasteiger partial charge in [-0.05, 0) is 45.6 Å². The first-order valence-electron chi connectivity index (χ1n) is 10.4. The Morgan fingerprint density at radius 2 is 1.93 bits per heavy atom. The molecule has 6 nitrogen and oxygen atoms in total. The van der Waals surface area contributed by atoms with Gasteiger partial charge in [-0.2, -0.15) is 0 Å². The molecule has 0 bridgehead atoms. The van der Waals surface area contributed by atoms with E-state index in [1.54, 1.807) is 29.8 Å². The van der Waals surface area contributed by atoms with Gasteiger partial charge in [0.15, 0.2) is 0 Å². The number of likely N-dealkylation sites (N-methyl/N-ethyl adjacent to an activating group) is 1. The average Bonchev–Trinajstić information content (AvgIpc) is 2.67. The summed E-state index contributed by atoms with van der Waals surface area (Å²) in [6, 6.07) is 4.78. The largest absolute Gasteiger partial charge is 0.332 e. The number of fused-ring (bicyclic) bond motifs is 1. The number of hydrogen-bond donors (Lipinski definition) is 0. The fraction of sp³-hybridized carbons (Fsp3) is 0.591. The zero-order valence-electron chi connectivity index (χ0n) is 18.2. The van der Waals surface area contributed by atoms with E-state index in [9.17, 15) is 9.59 Å². The Balaban J connectivity index is 2.36. The molecule has 0 radical (unpaired) electrons. The molecule has 0 saturated carbocycles. The number of unbranched alkanes of at least 4 members (excludes halogenated alkanes) is 3. The molecular formula is C22H33ClN4O2. The maximum absolute atomic E-state index is 13.0. The van der Waals surface area contributed by atoms with Gasteiger partial charge in [0, 0.05) is 31.6 Å². The summed E-state index contributed by atoms with van der Waals surface area (Å²) in [5, 5.41) is 1.06. The van der Waals surface area contributed by atoms with Gasteiger partial charge in [-0.15, -0.1) is 0 Å². The average molecular weight is 421 g/mol. The molecule has 1 heterocycles. The molecule has 0 N–H and O–H groups in total. The Bertz CT molecular complexity index is 894. The fourth-order valence-electron chi connectivity index (χ4n) is 3.46. The molecule has 0 aliphatic heterocycles. The van der Waals surface area contributed by atoms with Crippen LogP contribution in [-0.4, -0.2) is 52.4 Å². The minimum absolute atomic E-state index is 0.107. The Hall–Kier alpha value is -1.92. The fourth-order valence-corrected chi connectivity index (χ4v) is 3.63. The van der Waals surface area contributed by atoms with E-state index < -0.39 is 0 Å². The van der Waals surface area contributed by atoms with Crippen LogP contribution in [0.25, 0.3) is 10.9 Å². The van der Waals surface area contributed by atoms with Crippen molar-refractivity contribution in [1.82, 2.24) is 19.4 Å². The smallest absolute Gasteiger partial charge is 0.261 e. The molecule has 7 heteroatoms. The van der Waals surface area contributed by atoms with Crippen LogP contribution in [0.15, 0.2) is 23.0 Å². The summed E-state index contributed by atoms with van der Waals surface area (Å²) in [6.07, 6.45) is 4.74. The predicted octanol–water partition coefficient (Wildman–Crippen LogP) is 4.01. The third kappa shape index (κ3) is 6.03. The van der Waals surface area contributed by atoms with Crippen LogP contribution < -0.4 is 5.56 Å². The highest BCUT2D eigenvalue weighted by atomic mass is 35.5. The number of nitrogens with zero attached hydrogens (tertiary/aromatic N) is 4. The zero-order chi connectivity index (χ0) is 21.6. The van der Waals surface area contributed by atoms with Crippen molar-refractivity contribution >= 4 is 28.4 Å². The van der Waals surface area contributed by atoms with E-state index in [4.69, 9.17) is 16.6 Å². The Morgan fingerprint density at radius 3 is 2.59 bits per heavy atom. The van der Waals surface area contributed by atoms with E-state index in [1.807, 2.05) is 25.9 Å². The van der Waals surface area contributed by atoms with Crippen molar-refractivity contribution in [1.29, 1.82) is 0 Å². The molecule has 29 heavy (non-hydrogen) atoms. The summed E-state index contributed by atoms with van der Waals surface area (Å²) < 4.78 is 1.55. The van der Waals surface area contributed by atoms with Crippen LogP contribution in [0.4, 0.5) is 0 Å². The molecule has 0 spiro atoms. The molecule has 0 aliphatic rings. The third-order valence-electron chi connectivity index (χ3n) is 5.27. The molecular weight excluding hydrogens is 388 g/mol. The van der Waals surface area contributed by atoms with Crippen LogP contribution in [0.1, 0.15) is 57.8 Å². The van der Waals surface area contributed by atoms with Crippen LogP contribution in [0, 0.1) is 0 Å². The van der Waals surface area contributed by atoms with Crippen molar-refractivity contribution in [2.45, 2.75) is 52.0 Å². The normalized spacial score (nSPS) is 12.5. The van der Waals surface area contributed by atoms with E-state index in [1.165, 1.54) is 0 Å². The highest BCUT2D eigenvalue weighted by Gasteiger charge is 2.25. The summed E-state index contributed by atoms with van der Waals surface area (Å²) >= 11 is 6.10. The van der Waals surface area contributed by atoms with E-state index in [2.05, 4.69) is 11.8 Å². The number of carbonyl (C=O) groups excluding carboxylic acids is 1. The first kappa shape index (κ1) is 23.4. The van der Waals surface area contributed by atoms with E-state index in [0.717, 1.165) is 32.2 Å². The van der Waals surface area contributed by atoms with Gasteiger partial charge in [-0.25, -0.2) is 4.98 Å². The van der Waals surface area contributed by atoms with Crippen LogP contribution >= 0.6 is 11.6 Å². The quantitative estimate of drug-likeness (QED) is 0.545. The first-order valence-corrected chi connectivity index (χ1v) is 10.7. The molecule has 2 rings (SSSR count). The monoisotopic (exact) mass is 420 g/mol. The number of benzene rings is 1. The zero-order valence-corrected chi connectivity index (χ0v) is 19.0. The SMILES string of the molecule is CCCCCCC(=O)N(CCN(C)C)C(C)c1nc2cc(Cl)ccc2c(=O)n1C. The summed E-state index contributed by atoms with van der Waals surface area (Å²) in [6.45, 7) is 5.44. The van der Waals surface area contributed by atoms with Gasteiger partial charge in [0.05, 0.1) is 16.9 Å². The number of hydrogen-bond acceptors (Lipinski definition) is 4. The molecule has 0 aliphatic carbocycles. The molecule has 1 aromatic carbocycles. The molecule has 0 saturated heterocycles. The van der Waals surface area contributed by atoms with Gasteiger partial charge in [-0.1, -0.05) is 37.8 Å². The summed E-state index contributed by atoms with van der Waals surface area (Å²) in [4.78, 5) is 34.5. The van der Waals surface area contributed by atoms with Crippen molar-refractivity contribution in [3.63, 3.8) is 0 Å². The lowest BCUT2D eigenvalue weighted by Crippen LogP contribution is -2.40. The maximum Gasteiger partial charge on any atom is 0.261 e.